The molecule has 0 spiro atoms. The van der Waals surface area contributed by atoms with Crippen LogP contribution in [0.2, 0.25) is 0 Å². The molecule has 0 saturated heterocycles. The number of nitrogens with two attached hydrogens (primary N) is 2. The zero-order valence-electron chi connectivity index (χ0n) is 61.4. The molecule has 1 rings (SSSR count). The van der Waals surface area contributed by atoms with Crippen LogP contribution in [0.1, 0.15) is 397 Å². The Balaban J connectivity index is 1.81. The minimum atomic E-state index is 0.0430. The summed E-state index contributed by atoms with van der Waals surface area (Å²) in [5, 5.41) is 0. The van der Waals surface area contributed by atoms with Gasteiger partial charge in [-0.15, -0.1) is 0 Å². The average Bonchev–Trinajstić information content (AvgIpc) is 4.23. The zero-order valence-corrected chi connectivity index (χ0v) is 61.4. The summed E-state index contributed by atoms with van der Waals surface area (Å²) in [5.41, 5.74) is 12.1. The highest BCUT2D eigenvalue weighted by atomic mass is 16.5. The van der Waals surface area contributed by atoms with Crippen molar-refractivity contribution < 1.29 is 18.9 Å². The highest BCUT2D eigenvalue weighted by molar-refractivity contribution is 4.76. The lowest BCUT2D eigenvalue weighted by Crippen LogP contribution is -2.29. The van der Waals surface area contributed by atoms with Gasteiger partial charge in [0.05, 0.1) is 25.4 Å². The number of hydrogen-bond acceptors (Lipinski definition) is 6. The van der Waals surface area contributed by atoms with E-state index >= 15 is 0 Å². The van der Waals surface area contributed by atoms with Crippen LogP contribution in [0, 0.1) is 59.2 Å². The minimum absolute atomic E-state index is 0.0430. The third-order valence-electron chi connectivity index (χ3n) is 21.0. The Labute approximate surface area is 548 Å². The molecule has 1 aliphatic rings. The maximum Gasteiger partial charge on any atom is 0.0930 e. The van der Waals surface area contributed by atoms with Crippen molar-refractivity contribution in [3.8, 4) is 0 Å². The first-order valence-corrected chi connectivity index (χ1v) is 40.1. The minimum Gasteiger partial charge on any atom is -0.379 e. The third kappa shape index (κ3) is 59.3. The van der Waals surface area contributed by atoms with Crippen LogP contribution < -0.4 is 11.5 Å². The molecule has 0 aromatic rings. The molecule has 87 heavy (non-hydrogen) atoms. The zero-order chi connectivity index (χ0) is 63.5. The Morgan fingerprint density at radius 3 is 0.747 bits per heavy atom. The van der Waals surface area contributed by atoms with Gasteiger partial charge in [-0.25, -0.2) is 0 Å². The monoisotopic (exact) mass is 1230 g/mol. The van der Waals surface area contributed by atoms with E-state index < -0.39 is 0 Å². The standard InChI is InChI=1S/C81H164N2O4/c1-70(2)43-37-45-72(5)47-39-49-74(7)51-41-53-76(9)59-63-86-80(66-82)68-84-61-35-31-27-23-19-15-11-13-17-21-25-29-33-55-78-57-58-79(65-78)56-34-30-26-22-18-14-12-16-20-24-28-32-36-62-85-69-81(67-83)87-64-60-77(10)54-42-52-75(8)50-40-48-73(6)46-38-44-71(3)4/h70-81H,11-69,82-83H2,1-10H3/t72?,73?,74?,75?,76?,77?,78?,79?,80-,81-/m1/s1. The lowest BCUT2D eigenvalue weighted by atomic mass is 9.91. The maximum atomic E-state index is 6.15. The fourth-order valence-corrected chi connectivity index (χ4v) is 14.4. The van der Waals surface area contributed by atoms with E-state index in [2.05, 4.69) is 69.2 Å². The Morgan fingerprint density at radius 1 is 0.264 bits per heavy atom. The first-order valence-electron chi connectivity index (χ1n) is 40.1. The van der Waals surface area contributed by atoms with Gasteiger partial charge in [-0.3, -0.25) is 0 Å². The molecule has 522 valence electrons. The van der Waals surface area contributed by atoms with Crippen LogP contribution >= 0.6 is 0 Å². The molecule has 0 heterocycles. The smallest absolute Gasteiger partial charge is 0.0930 e. The molecule has 6 heteroatoms. The van der Waals surface area contributed by atoms with E-state index in [-0.39, 0.29) is 12.2 Å². The molecule has 10 atom stereocenters. The number of unbranched alkanes of at least 4 members (excludes halogenated alkanes) is 24. The number of ether oxygens (including phenoxy) is 4. The molecule has 1 aliphatic carbocycles. The summed E-state index contributed by atoms with van der Waals surface area (Å²) in [5.74, 6) is 8.77. The summed E-state index contributed by atoms with van der Waals surface area (Å²) in [7, 11) is 0. The van der Waals surface area contributed by atoms with Crippen molar-refractivity contribution in [3.05, 3.63) is 0 Å². The fourth-order valence-electron chi connectivity index (χ4n) is 14.4. The van der Waals surface area contributed by atoms with Crippen LogP contribution in [0.3, 0.4) is 0 Å². The van der Waals surface area contributed by atoms with Gasteiger partial charge in [0.25, 0.3) is 0 Å². The first kappa shape index (κ1) is 84.8. The molecule has 8 unspecified atom stereocenters. The molecule has 0 aromatic carbocycles. The topological polar surface area (TPSA) is 89.0 Å². The predicted molar refractivity (Wildman–Crippen MR) is 386 cm³/mol. The summed E-state index contributed by atoms with van der Waals surface area (Å²) in [4.78, 5) is 0. The van der Waals surface area contributed by atoms with Gasteiger partial charge in [-0.05, 0) is 91.3 Å². The largest absolute Gasteiger partial charge is 0.379 e. The van der Waals surface area contributed by atoms with Crippen LogP contribution in [-0.4, -0.2) is 64.9 Å². The van der Waals surface area contributed by atoms with Crippen molar-refractivity contribution in [1.29, 1.82) is 0 Å². The Morgan fingerprint density at radius 2 is 0.494 bits per heavy atom. The lowest BCUT2D eigenvalue weighted by molar-refractivity contribution is -0.0163. The van der Waals surface area contributed by atoms with Gasteiger partial charge in [0.1, 0.15) is 0 Å². The van der Waals surface area contributed by atoms with Crippen LogP contribution in [0.5, 0.6) is 0 Å². The van der Waals surface area contributed by atoms with E-state index in [9.17, 15) is 0 Å². The van der Waals surface area contributed by atoms with Gasteiger partial charge in [0, 0.05) is 39.5 Å². The molecule has 0 aromatic heterocycles. The second-order valence-corrected chi connectivity index (χ2v) is 31.5. The molecular weight excluding hydrogens is 1060 g/mol. The Kier molecular flexibility index (Phi) is 61.6. The quantitative estimate of drug-likeness (QED) is 0.0590. The Hall–Kier alpha value is -0.240. The van der Waals surface area contributed by atoms with Crippen LogP contribution in [-0.2, 0) is 18.9 Å². The molecule has 0 amide bonds. The highest BCUT2D eigenvalue weighted by Gasteiger charge is 2.24. The second-order valence-electron chi connectivity index (χ2n) is 31.5. The number of rotatable bonds is 70. The third-order valence-corrected chi connectivity index (χ3v) is 21.0. The SMILES string of the molecule is CC(C)CCCC(C)CCCC(C)CCCC(C)CCO[C@H](CN)COCCCCCCCCCCCCCCCC1CCC(CCCCCCCCCCCCCCCOC[C@@H](CN)OCCC(C)CCCC(C)CCCC(C)CCCC(C)C)C1. The summed E-state index contributed by atoms with van der Waals surface area (Å²) in [6, 6.07) is 0. The summed E-state index contributed by atoms with van der Waals surface area (Å²) in [6.45, 7) is 29.8. The molecule has 0 bridgehead atoms. The molecule has 6 nitrogen and oxygen atoms in total. The van der Waals surface area contributed by atoms with Gasteiger partial charge in [-0.2, -0.15) is 0 Å². The fraction of sp³-hybridized carbons (Fsp3) is 1.00. The van der Waals surface area contributed by atoms with E-state index in [1.807, 2.05) is 0 Å². The van der Waals surface area contributed by atoms with Gasteiger partial charge in [0.15, 0.2) is 0 Å². The van der Waals surface area contributed by atoms with Crippen LogP contribution in [0.25, 0.3) is 0 Å². The van der Waals surface area contributed by atoms with E-state index in [1.165, 1.54) is 308 Å². The number of hydrogen-bond donors (Lipinski definition) is 2. The molecule has 0 radical (unpaired) electrons. The average molecular weight is 1230 g/mol. The molecule has 1 saturated carbocycles. The van der Waals surface area contributed by atoms with Gasteiger partial charge in [0.2, 0.25) is 0 Å². The van der Waals surface area contributed by atoms with Crippen molar-refractivity contribution in [2.24, 2.45) is 70.6 Å². The highest BCUT2D eigenvalue weighted by Crippen LogP contribution is 2.37. The summed E-state index contributed by atoms with van der Waals surface area (Å²) in [6.07, 6.45) is 71.5. The normalized spacial score (nSPS) is 17.6. The van der Waals surface area contributed by atoms with E-state index in [0.717, 1.165) is 98.4 Å². The first-order chi connectivity index (χ1) is 42.3. The second kappa shape index (κ2) is 63.2. The summed E-state index contributed by atoms with van der Waals surface area (Å²) < 4.78 is 24.3. The Bertz CT molecular complexity index is 1250. The van der Waals surface area contributed by atoms with Crippen molar-refractivity contribution in [2.75, 3.05) is 52.7 Å². The predicted octanol–water partition coefficient (Wildman–Crippen LogP) is 25.0. The maximum absolute atomic E-state index is 6.15. The summed E-state index contributed by atoms with van der Waals surface area (Å²) >= 11 is 0. The van der Waals surface area contributed by atoms with Gasteiger partial charge >= 0.3 is 0 Å². The van der Waals surface area contributed by atoms with Crippen molar-refractivity contribution in [1.82, 2.24) is 0 Å². The van der Waals surface area contributed by atoms with E-state index in [1.54, 1.807) is 6.42 Å². The van der Waals surface area contributed by atoms with Crippen molar-refractivity contribution in [3.63, 3.8) is 0 Å². The van der Waals surface area contributed by atoms with Gasteiger partial charge in [-0.1, -0.05) is 365 Å². The van der Waals surface area contributed by atoms with Crippen LogP contribution in [0.4, 0.5) is 0 Å². The molecule has 0 aliphatic heterocycles. The van der Waals surface area contributed by atoms with Crippen LogP contribution in [0.15, 0.2) is 0 Å². The molecule has 1 fully saturated rings. The molecule has 4 N–H and O–H groups in total. The lowest BCUT2D eigenvalue weighted by Gasteiger charge is -2.19. The van der Waals surface area contributed by atoms with Gasteiger partial charge < -0.3 is 30.4 Å². The molecular formula is C81H164N2O4. The van der Waals surface area contributed by atoms with E-state index in [0.29, 0.717) is 26.3 Å². The van der Waals surface area contributed by atoms with Crippen molar-refractivity contribution in [2.45, 2.75) is 409 Å². The van der Waals surface area contributed by atoms with Crippen molar-refractivity contribution >= 4 is 0 Å². The van der Waals surface area contributed by atoms with E-state index in [4.69, 9.17) is 30.4 Å².